The molecular weight excluding hydrogens is 605 g/mol. The summed E-state index contributed by atoms with van der Waals surface area (Å²) in [5.41, 5.74) is 0. The van der Waals surface area contributed by atoms with Crippen LogP contribution in [0.25, 0.3) is 0 Å². The number of quaternary nitrogens is 1. The Kier molecular flexibility index (Phi) is 29.4. The lowest BCUT2D eigenvalue weighted by Crippen LogP contribution is -2.37. The highest BCUT2D eigenvalue weighted by atomic mass is 31.2. The molecule has 46 heavy (non-hydrogen) atoms. The summed E-state index contributed by atoms with van der Waals surface area (Å²) in [5.74, 6) is -0.796. The van der Waals surface area contributed by atoms with Crippen LogP contribution < -0.4 is 0 Å². The van der Waals surface area contributed by atoms with Crippen molar-refractivity contribution in [3.8, 4) is 0 Å². The largest absolute Gasteiger partial charge is 0.472 e. The Morgan fingerprint density at radius 1 is 0.587 bits per heavy atom. The van der Waals surface area contributed by atoms with Crippen molar-refractivity contribution in [3.05, 3.63) is 0 Å². The first kappa shape index (κ1) is 45.0. The van der Waals surface area contributed by atoms with Crippen LogP contribution in [-0.2, 0) is 32.7 Å². The molecule has 274 valence electrons. The summed E-state index contributed by atoms with van der Waals surface area (Å²) < 4.78 is 34.1. The van der Waals surface area contributed by atoms with Gasteiger partial charge >= 0.3 is 19.8 Å². The average molecular weight is 679 g/mol. The summed E-state index contributed by atoms with van der Waals surface area (Å²) >= 11 is 0. The van der Waals surface area contributed by atoms with Gasteiger partial charge in [0.05, 0.1) is 27.7 Å². The third kappa shape index (κ3) is 32.9. The molecule has 0 aromatic carbocycles. The van der Waals surface area contributed by atoms with Crippen molar-refractivity contribution in [2.75, 3.05) is 47.5 Å². The standard InChI is InChI=1S/C36H72NO8P/c1-6-8-10-12-14-16-17-18-19-20-21-23-25-27-29-36(39)45-34(33-44-46(40,41)43-31-30-37(3,4)5)32-42-35(38)28-26-24-22-15-13-11-9-7-2/h34H,6-33H2,1-5H3/p+1/t34-/m1/s1. The molecule has 0 heterocycles. The number of hydrogen-bond donors (Lipinski definition) is 1. The van der Waals surface area contributed by atoms with Gasteiger partial charge in [0.25, 0.3) is 0 Å². The fourth-order valence-corrected chi connectivity index (χ4v) is 5.87. The molecule has 2 atom stereocenters. The number of phosphoric ester groups is 1. The zero-order valence-electron chi connectivity index (χ0n) is 30.6. The molecule has 0 aliphatic rings. The molecule has 0 rings (SSSR count). The van der Waals surface area contributed by atoms with Crippen molar-refractivity contribution in [1.29, 1.82) is 0 Å². The number of carbonyl (C=O) groups excluding carboxylic acids is 2. The SMILES string of the molecule is CCCCCCCCCCCCCCCCC(=O)O[C@H](COC(=O)CCCCCCCCCC)COP(=O)(O)OCC[N+](C)(C)C. The Morgan fingerprint density at radius 2 is 0.978 bits per heavy atom. The number of unbranched alkanes of at least 4 members (excludes halogenated alkanes) is 20. The molecule has 0 saturated heterocycles. The Labute approximate surface area is 283 Å². The van der Waals surface area contributed by atoms with Crippen molar-refractivity contribution in [2.24, 2.45) is 0 Å². The molecule has 9 nitrogen and oxygen atoms in total. The van der Waals surface area contributed by atoms with Crippen molar-refractivity contribution in [2.45, 2.75) is 174 Å². The molecule has 0 amide bonds. The van der Waals surface area contributed by atoms with Crippen molar-refractivity contribution in [3.63, 3.8) is 0 Å². The van der Waals surface area contributed by atoms with Crippen LogP contribution in [0.5, 0.6) is 0 Å². The Hall–Kier alpha value is -0.990. The van der Waals surface area contributed by atoms with Crippen LogP contribution in [0.3, 0.4) is 0 Å². The lowest BCUT2D eigenvalue weighted by Gasteiger charge is -2.24. The first-order chi connectivity index (χ1) is 22.0. The van der Waals surface area contributed by atoms with Crippen LogP contribution in [0.15, 0.2) is 0 Å². The maximum Gasteiger partial charge on any atom is 0.472 e. The molecule has 0 radical (unpaired) electrons. The van der Waals surface area contributed by atoms with Gasteiger partial charge in [-0.3, -0.25) is 18.6 Å². The lowest BCUT2D eigenvalue weighted by molar-refractivity contribution is -0.870. The van der Waals surface area contributed by atoms with Gasteiger partial charge < -0.3 is 18.9 Å². The van der Waals surface area contributed by atoms with E-state index < -0.39 is 26.5 Å². The fourth-order valence-electron chi connectivity index (χ4n) is 5.13. The topological polar surface area (TPSA) is 108 Å². The normalized spacial score (nSPS) is 13.8. The second-order valence-corrected chi connectivity index (χ2v) is 15.4. The van der Waals surface area contributed by atoms with Gasteiger partial charge in [0.15, 0.2) is 6.10 Å². The molecule has 0 saturated carbocycles. The number of hydrogen-bond acceptors (Lipinski definition) is 7. The van der Waals surface area contributed by atoms with E-state index in [2.05, 4.69) is 13.8 Å². The molecule has 0 aromatic heterocycles. The second-order valence-electron chi connectivity index (χ2n) is 14.0. The molecular formula is C36H73NO8P+. The predicted molar refractivity (Wildman–Crippen MR) is 188 cm³/mol. The molecule has 0 aromatic rings. The Morgan fingerprint density at radius 3 is 1.39 bits per heavy atom. The minimum Gasteiger partial charge on any atom is -0.462 e. The van der Waals surface area contributed by atoms with E-state index in [4.69, 9.17) is 18.5 Å². The second kappa shape index (κ2) is 30.1. The third-order valence-corrected chi connectivity index (χ3v) is 9.12. The first-order valence-corrected chi connectivity index (χ1v) is 20.3. The van der Waals surface area contributed by atoms with Gasteiger partial charge in [0, 0.05) is 12.8 Å². The van der Waals surface area contributed by atoms with Gasteiger partial charge in [-0.2, -0.15) is 0 Å². The van der Waals surface area contributed by atoms with E-state index in [-0.39, 0.29) is 25.6 Å². The Balaban J connectivity index is 4.39. The molecule has 0 aliphatic heterocycles. The maximum absolute atomic E-state index is 12.6. The average Bonchev–Trinajstić information content (AvgIpc) is 2.99. The van der Waals surface area contributed by atoms with E-state index in [1.807, 2.05) is 21.1 Å². The molecule has 0 spiro atoms. The molecule has 1 N–H and O–H groups in total. The predicted octanol–water partition coefficient (Wildman–Crippen LogP) is 9.68. The van der Waals surface area contributed by atoms with Crippen molar-refractivity contribution < 1.29 is 42.1 Å². The molecule has 0 bridgehead atoms. The highest BCUT2D eigenvalue weighted by Gasteiger charge is 2.27. The summed E-state index contributed by atoms with van der Waals surface area (Å²) in [6, 6.07) is 0. The number of esters is 2. The van der Waals surface area contributed by atoms with E-state index >= 15 is 0 Å². The minimum atomic E-state index is -4.35. The summed E-state index contributed by atoms with van der Waals surface area (Å²) in [7, 11) is 1.49. The fraction of sp³-hybridized carbons (Fsp3) is 0.944. The molecule has 0 aliphatic carbocycles. The van der Waals surface area contributed by atoms with Gasteiger partial charge in [-0.05, 0) is 12.8 Å². The van der Waals surface area contributed by atoms with Gasteiger partial charge in [-0.1, -0.05) is 142 Å². The number of carbonyl (C=O) groups is 2. The van der Waals surface area contributed by atoms with Crippen LogP contribution in [0.4, 0.5) is 0 Å². The summed E-state index contributed by atoms with van der Waals surface area (Å²) in [4.78, 5) is 35.0. The van der Waals surface area contributed by atoms with E-state index in [1.54, 1.807) is 0 Å². The van der Waals surface area contributed by atoms with E-state index in [0.29, 0.717) is 17.4 Å². The lowest BCUT2D eigenvalue weighted by atomic mass is 10.0. The number of phosphoric acid groups is 1. The Bertz CT molecular complexity index is 774. The highest BCUT2D eigenvalue weighted by Crippen LogP contribution is 2.43. The summed E-state index contributed by atoms with van der Waals surface area (Å²) in [5, 5.41) is 0. The first-order valence-electron chi connectivity index (χ1n) is 18.8. The van der Waals surface area contributed by atoms with Crippen LogP contribution in [0.2, 0.25) is 0 Å². The summed E-state index contributed by atoms with van der Waals surface area (Å²) in [6.07, 6.45) is 25.8. The van der Waals surface area contributed by atoms with Gasteiger partial charge in [0.2, 0.25) is 0 Å². The summed E-state index contributed by atoms with van der Waals surface area (Å²) in [6.45, 7) is 4.39. The van der Waals surface area contributed by atoms with Crippen LogP contribution in [0.1, 0.15) is 168 Å². The van der Waals surface area contributed by atoms with Crippen molar-refractivity contribution >= 4 is 19.8 Å². The van der Waals surface area contributed by atoms with Crippen LogP contribution in [-0.4, -0.2) is 74.9 Å². The van der Waals surface area contributed by atoms with Crippen molar-refractivity contribution in [1.82, 2.24) is 0 Å². The van der Waals surface area contributed by atoms with Crippen LogP contribution in [0, 0.1) is 0 Å². The number of nitrogens with zero attached hydrogens (tertiary/aromatic N) is 1. The maximum atomic E-state index is 12.6. The molecule has 10 heteroatoms. The van der Waals surface area contributed by atoms with Gasteiger partial charge in [-0.25, -0.2) is 4.57 Å². The number of rotatable bonds is 34. The van der Waals surface area contributed by atoms with Crippen LogP contribution >= 0.6 is 7.82 Å². The minimum absolute atomic E-state index is 0.0362. The zero-order chi connectivity index (χ0) is 34.4. The quantitative estimate of drug-likeness (QED) is 0.0310. The smallest absolute Gasteiger partial charge is 0.462 e. The number of ether oxygens (including phenoxy) is 2. The molecule has 1 unspecified atom stereocenters. The molecule has 0 fully saturated rings. The highest BCUT2D eigenvalue weighted by molar-refractivity contribution is 7.47. The van der Waals surface area contributed by atoms with Gasteiger partial charge in [0.1, 0.15) is 19.8 Å². The van der Waals surface area contributed by atoms with E-state index in [9.17, 15) is 19.0 Å². The van der Waals surface area contributed by atoms with E-state index in [1.165, 1.54) is 103 Å². The monoisotopic (exact) mass is 679 g/mol. The van der Waals surface area contributed by atoms with Gasteiger partial charge in [-0.15, -0.1) is 0 Å². The third-order valence-electron chi connectivity index (χ3n) is 8.14. The zero-order valence-corrected chi connectivity index (χ0v) is 31.5. The number of likely N-dealkylation sites (N-methyl/N-ethyl adjacent to an activating group) is 1. The van der Waals surface area contributed by atoms with E-state index in [0.717, 1.165) is 38.5 Å².